The Labute approximate surface area is 162 Å². The van der Waals surface area contributed by atoms with E-state index in [0.717, 1.165) is 64.3 Å². The minimum atomic E-state index is 0.0588. The average Bonchev–Trinajstić information content (AvgIpc) is 3.01. The Hall–Kier alpha value is -1.88. The number of likely N-dealkylation sites (tertiary alicyclic amines) is 1. The molecule has 27 heavy (non-hydrogen) atoms. The fourth-order valence-corrected chi connectivity index (χ4v) is 3.58. The van der Waals surface area contributed by atoms with Crippen molar-refractivity contribution in [3.63, 3.8) is 0 Å². The number of aromatic nitrogens is 2. The third kappa shape index (κ3) is 5.55. The molecule has 2 aliphatic heterocycles. The number of amides is 1. The van der Waals surface area contributed by atoms with E-state index in [1.807, 2.05) is 24.9 Å². The van der Waals surface area contributed by atoms with Crippen LogP contribution in [0.15, 0.2) is 6.07 Å². The second kappa shape index (κ2) is 9.36. The molecule has 0 saturated carbocycles. The predicted octanol–water partition coefficient (Wildman–Crippen LogP) is 0.601. The lowest BCUT2D eigenvalue weighted by molar-refractivity contribution is 0.0226. The van der Waals surface area contributed by atoms with Crippen molar-refractivity contribution in [2.24, 2.45) is 7.05 Å². The van der Waals surface area contributed by atoms with Gasteiger partial charge in [-0.05, 0) is 32.9 Å². The summed E-state index contributed by atoms with van der Waals surface area (Å²) in [5, 5.41) is 4.26. The highest BCUT2D eigenvalue weighted by Gasteiger charge is 2.25. The van der Waals surface area contributed by atoms with Crippen molar-refractivity contribution >= 4 is 5.91 Å². The molecule has 1 aromatic heterocycles. The molecule has 0 atom stereocenters. The van der Waals surface area contributed by atoms with Crippen molar-refractivity contribution < 1.29 is 9.53 Å². The highest BCUT2D eigenvalue weighted by atomic mass is 16.5. The number of piperidine rings is 1. The van der Waals surface area contributed by atoms with Gasteiger partial charge < -0.3 is 14.5 Å². The second-order valence-electron chi connectivity index (χ2n) is 7.53. The number of hydrogen-bond acceptors (Lipinski definition) is 5. The average molecular weight is 374 g/mol. The first-order chi connectivity index (χ1) is 13.0. The summed E-state index contributed by atoms with van der Waals surface area (Å²) in [4.78, 5) is 19.2. The Morgan fingerprint density at radius 3 is 2.48 bits per heavy atom. The first-order valence-electron chi connectivity index (χ1n) is 9.81. The fourth-order valence-electron chi connectivity index (χ4n) is 3.58. The van der Waals surface area contributed by atoms with Crippen LogP contribution in [-0.2, 0) is 11.8 Å². The second-order valence-corrected chi connectivity index (χ2v) is 7.53. The maximum Gasteiger partial charge on any atom is 0.272 e. The third-order valence-electron chi connectivity index (χ3n) is 5.37. The number of aryl methyl sites for hydroxylation is 2. The van der Waals surface area contributed by atoms with E-state index in [4.69, 9.17) is 4.74 Å². The van der Waals surface area contributed by atoms with Gasteiger partial charge in [0.15, 0.2) is 0 Å². The lowest BCUT2D eigenvalue weighted by Gasteiger charge is -2.31. The Bertz CT molecular complexity index is 689. The molecule has 0 aromatic carbocycles. The molecule has 2 saturated heterocycles. The quantitative estimate of drug-likeness (QED) is 0.724. The van der Waals surface area contributed by atoms with Crippen molar-refractivity contribution in [3.8, 4) is 11.8 Å². The number of carbonyl (C=O) groups is 1. The topological polar surface area (TPSA) is 53.8 Å². The van der Waals surface area contributed by atoms with Gasteiger partial charge in [0.25, 0.3) is 5.91 Å². The first kappa shape index (κ1) is 19.9. The van der Waals surface area contributed by atoms with E-state index in [9.17, 15) is 4.79 Å². The number of carbonyl (C=O) groups excluding carboxylic acids is 1. The monoisotopic (exact) mass is 373 g/mol. The molecule has 7 nitrogen and oxygen atoms in total. The van der Waals surface area contributed by atoms with E-state index >= 15 is 0 Å². The van der Waals surface area contributed by atoms with Gasteiger partial charge in [0, 0.05) is 46.3 Å². The molecule has 0 spiro atoms. The molecular weight excluding hydrogens is 342 g/mol. The summed E-state index contributed by atoms with van der Waals surface area (Å²) in [5.41, 5.74) is 1.52. The number of rotatable bonds is 4. The Kier molecular flexibility index (Phi) is 6.89. The predicted molar refractivity (Wildman–Crippen MR) is 105 cm³/mol. The smallest absolute Gasteiger partial charge is 0.272 e. The number of nitrogens with zero attached hydrogens (tertiary/aromatic N) is 5. The zero-order valence-electron chi connectivity index (χ0n) is 16.8. The number of hydrogen-bond donors (Lipinski definition) is 0. The van der Waals surface area contributed by atoms with Crippen LogP contribution >= 0.6 is 0 Å². The molecule has 0 unspecified atom stereocenters. The summed E-state index contributed by atoms with van der Waals surface area (Å²) < 4.78 is 7.56. The molecule has 0 radical (unpaired) electrons. The fraction of sp³-hybridized carbons (Fsp3) is 0.700. The first-order valence-corrected chi connectivity index (χ1v) is 9.81. The van der Waals surface area contributed by atoms with Crippen molar-refractivity contribution in [2.75, 3.05) is 59.5 Å². The summed E-state index contributed by atoms with van der Waals surface area (Å²) in [6.45, 7) is 9.08. The standard InChI is InChI=1S/C20H31N5O2/c1-17-16-19(23(3)21-17)20(26)25-9-6-18(7-10-25)27-15-5-4-8-24-13-11-22(2)12-14-24/h16,18H,6-15H2,1-3H3. The van der Waals surface area contributed by atoms with Crippen LogP contribution in [0.5, 0.6) is 0 Å². The SMILES string of the molecule is Cc1cc(C(=O)N2CCC(OCC#CCN3CCN(C)CC3)CC2)n(C)n1. The summed E-state index contributed by atoms with van der Waals surface area (Å²) in [6.07, 6.45) is 1.92. The molecule has 3 rings (SSSR count). The van der Waals surface area contributed by atoms with Gasteiger partial charge in [0.05, 0.1) is 18.3 Å². The van der Waals surface area contributed by atoms with Gasteiger partial charge >= 0.3 is 0 Å². The Morgan fingerprint density at radius 1 is 1.15 bits per heavy atom. The van der Waals surface area contributed by atoms with Crippen LogP contribution in [0.2, 0.25) is 0 Å². The molecule has 0 bridgehead atoms. The summed E-state index contributed by atoms with van der Waals surface area (Å²) in [5.74, 6) is 6.43. The van der Waals surface area contributed by atoms with Crippen LogP contribution in [0.4, 0.5) is 0 Å². The van der Waals surface area contributed by atoms with E-state index in [2.05, 4.69) is 33.8 Å². The molecule has 2 fully saturated rings. The zero-order chi connectivity index (χ0) is 19.2. The highest BCUT2D eigenvalue weighted by molar-refractivity contribution is 5.92. The van der Waals surface area contributed by atoms with E-state index in [-0.39, 0.29) is 12.0 Å². The molecule has 3 heterocycles. The van der Waals surface area contributed by atoms with Gasteiger partial charge in [-0.25, -0.2) is 0 Å². The number of piperazine rings is 1. The Balaban J connectivity index is 1.35. The van der Waals surface area contributed by atoms with Crippen molar-refractivity contribution in [1.82, 2.24) is 24.5 Å². The highest BCUT2D eigenvalue weighted by Crippen LogP contribution is 2.16. The molecule has 1 amide bonds. The van der Waals surface area contributed by atoms with Crippen LogP contribution in [0.3, 0.4) is 0 Å². The van der Waals surface area contributed by atoms with Crippen molar-refractivity contribution in [2.45, 2.75) is 25.9 Å². The van der Waals surface area contributed by atoms with Crippen molar-refractivity contribution in [3.05, 3.63) is 17.5 Å². The minimum Gasteiger partial charge on any atom is -0.365 e. The van der Waals surface area contributed by atoms with Gasteiger partial charge in [0.2, 0.25) is 0 Å². The van der Waals surface area contributed by atoms with Crippen LogP contribution in [0, 0.1) is 18.8 Å². The van der Waals surface area contributed by atoms with Crippen LogP contribution in [0.25, 0.3) is 0 Å². The van der Waals surface area contributed by atoms with Crippen LogP contribution < -0.4 is 0 Å². The van der Waals surface area contributed by atoms with Gasteiger partial charge in [-0.3, -0.25) is 14.4 Å². The lowest BCUT2D eigenvalue weighted by atomic mass is 10.1. The van der Waals surface area contributed by atoms with E-state index in [1.165, 1.54) is 0 Å². The third-order valence-corrected chi connectivity index (χ3v) is 5.37. The maximum absolute atomic E-state index is 12.6. The van der Waals surface area contributed by atoms with Gasteiger partial charge in [0.1, 0.15) is 12.3 Å². The molecule has 7 heteroatoms. The van der Waals surface area contributed by atoms with Gasteiger partial charge in [-0.1, -0.05) is 11.8 Å². The molecule has 1 aromatic rings. The summed E-state index contributed by atoms with van der Waals surface area (Å²) >= 11 is 0. The number of ether oxygens (including phenoxy) is 1. The minimum absolute atomic E-state index is 0.0588. The Morgan fingerprint density at radius 2 is 1.85 bits per heavy atom. The molecule has 2 aliphatic rings. The lowest BCUT2D eigenvalue weighted by Crippen LogP contribution is -2.44. The summed E-state index contributed by atoms with van der Waals surface area (Å²) in [7, 11) is 3.98. The van der Waals surface area contributed by atoms with Gasteiger partial charge in [-0.2, -0.15) is 5.10 Å². The summed E-state index contributed by atoms with van der Waals surface area (Å²) in [6, 6.07) is 1.85. The molecule has 0 aliphatic carbocycles. The number of likely N-dealkylation sites (N-methyl/N-ethyl adjacent to an activating group) is 1. The molecule has 0 N–H and O–H groups in total. The van der Waals surface area contributed by atoms with Crippen LogP contribution in [-0.4, -0.2) is 96.0 Å². The molecular formula is C20H31N5O2. The molecule has 148 valence electrons. The largest absolute Gasteiger partial charge is 0.365 e. The zero-order valence-corrected chi connectivity index (χ0v) is 16.8. The van der Waals surface area contributed by atoms with E-state index < -0.39 is 0 Å². The van der Waals surface area contributed by atoms with Gasteiger partial charge in [-0.15, -0.1) is 0 Å². The normalized spacial score (nSPS) is 19.7. The van der Waals surface area contributed by atoms with Crippen molar-refractivity contribution in [1.29, 1.82) is 0 Å². The van der Waals surface area contributed by atoms with E-state index in [1.54, 1.807) is 4.68 Å². The van der Waals surface area contributed by atoms with Crippen LogP contribution in [0.1, 0.15) is 29.0 Å². The maximum atomic E-state index is 12.6. The van der Waals surface area contributed by atoms with E-state index in [0.29, 0.717) is 12.3 Å².